The summed E-state index contributed by atoms with van der Waals surface area (Å²) >= 11 is 0. The molecule has 2 heterocycles. The van der Waals surface area contributed by atoms with Crippen molar-refractivity contribution in [1.29, 1.82) is 0 Å². The van der Waals surface area contributed by atoms with Gasteiger partial charge in [0, 0.05) is 31.4 Å². The van der Waals surface area contributed by atoms with Gasteiger partial charge in [-0.3, -0.25) is 0 Å². The Morgan fingerprint density at radius 2 is 2.22 bits per heavy atom. The number of anilines is 2. The molecule has 0 unspecified atom stereocenters. The second kappa shape index (κ2) is 5.12. The van der Waals surface area contributed by atoms with Gasteiger partial charge in [-0.15, -0.1) is 0 Å². The number of nitrogens with one attached hydrogen (secondary N) is 1. The van der Waals surface area contributed by atoms with Crippen molar-refractivity contribution in [3.05, 3.63) is 11.8 Å². The van der Waals surface area contributed by atoms with Crippen LogP contribution in [0.2, 0.25) is 0 Å². The minimum Gasteiger partial charge on any atom is -0.356 e. The summed E-state index contributed by atoms with van der Waals surface area (Å²) < 4.78 is 0. The van der Waals surface area contributed by atoms with E-state index in [9.17, 15) is 0 Å². The molecule has 1 saturated heterocycles. The number of rotatable bonds is 3. The maximum absolute atomic E-state index is 4.65. The molecule has 0 spiro atoms. The normalized spacial score (nSPS) is 18.8. The number of aryl methyl sites for hydroxylation is 1. The first-order chi connectivity index (χ1) is 8.52. The highest BCUT2D eigenvalue weighted by Gasteiger charge is 2.27. The van der Waals surface area contributed by atoms with Gasteiger partial charge in [0.1, 0.15) is 5.82 Å². The van der Waals surface area contributed by atoms with Crippen LogP contribution in [-0.4, -0.2) is 29.6 Å². The molecule has 0 atom stereocenters. The Balaban J connectivity index is 2.23. The zero-order chi connectivity index (χ0) is 13.2. The van der Waals surface area contributed by atoms with Gasteiger partial charge in [-0.2, -0.15) is 4.98 Å². The molecular formula is C14H24N4. The Bertz CT molecular complexity index is 414. The molecule has 0 amide bonds. The number of piperidine rings is 1. The number of nitrogens with zero attached hydrogens (tertiary/aromatic N) is 3. The van der Waals surface area contributed by atoms with Gasteiger partial charge in [0.05, 0.1) is 0 Å². The van der Waals surface area contributed by atoms with Gasteiger partial charge in [0.2, 0.25) is 5.95 Å². The molecule has 2 rings (SSSR count). The van der Waals surface area contributed by atoms with Gasteiger partial charge < -0.3 is 10.2 Å². The van der Waals surface area contributed by atoms with E-state index in [1.165, 1.54) is 12.8 Å². The van der Waals surface area contributed by atoms with Crippen LogP contribution in [-0.2, 0) is 0 Å². The quantitative estimate of drug-likeness (QED) is 0.893. The summed E-state index contributed by atoms with van der Waals surface area (Å²) in [4.78, 5) is 11.4. The van der Waals surface area contributed by atoms with Crippen molar-refractivity contribution in [3.8, 4) is 0 Å². The molecule has 1 aliphatic heterocycles. The standard InChI is InChI=1S/C14H24N4/c1-5-15-13-16-9-11(2)12(17-13)18-8-6-7-14(3,4)10-18/h9H,5-8,10H2,1-4H3,(H,15,16,17). The molecule has 0 bridgehead atoms. The molecule has 1 aromatic rings. The van der Waals surface area contributed by atoms with Gasteiger partial charge in [-0.25, -0.2) is 4.98 Å². The molecule has 18 heavy (non-hydrogen) atoms. The van der Waals surface area contributed by atoms with E-state index in [2.05, 4.69) is 47.9 Å². The Labute approximate surface area is 110 Å². The number of hydrogen-bond acceptors (Lipinski definition) is 4. The minimum absolute atomic E-state index is 0.383. The Morgan fingerprint density at radius 1 is 1.44 bits per heavy atom. The van der Waals surface area contributed by atoms with Crippen LogP contribution in [0.25, 0.3) is 0 Å². The molecular weight excluding hydrogens is 224 g/mol. The van der Waals surface area contributed by atoms with Crippen molar-refractivity contribution in [2.24, 2.45) is 5.41 Å². The van der Waals surface area contributed by atoms with E-state index in [0.29, 0.717) is 5.41 Å². The molecule has 0 saturated carbocycles. The molecule has 1 N–H and O–H groups in total. The summed E-state index contributed by atoms with van der Waals surface area (Å²) in [6.07, 6.45) is 4.46. The van der Waals surface area contributed by atoms with E-state index < -0.39 is 0 Å². The van der Waals surface area contributed by atoms with Crippen LogP contribution in [0.5, 0.6) is 0 Å². The molecule has 0 aliphatic carbocycles. The average molecular weight is 248 g/mol. The maximum atomic E-state index is 4.65. The van der Waals surface area contributed by atoms with Crippen LogP contribution in [0.1, 0.15) is 39.2 Å². The molecule has 4 heteroatoms. The lowest BCUT2D eigenvalue weighted by Crippen LogP contribution is -2.41. The van der Waals surface area contributed by atoms with Crippen LogP contribution in [0.3, 0.4) is 0 Å². The van der Waals surface area contributed by atoms with E-state index in [1.807, 2.05) is 6.20 Å². The van der Waals surface area contributed by atoms with Crippen LogP contribution >= 0.6 is 0 Å². The van der Waals surface area contributed by atoms with E-state index in [4.69, 9.17) is 0 Å². The summed E-state index contributed by atoms with van der Waals surface area (Å²) in [5.74, 6) is 1.83. The summed E-state index contributed by atoms with van der Waals surface area (Å²) in [6.45, 7) is 11.9. The molecule has 100 valence electrons. The van der Waals surface area contributed by atoms with Crippen LogP contribution in [0, 0.1) is 12.3 Å². The largest absolute Gasteiger partial charge is 0.356 e. The Morgan fingerprint density at radius 3 is 2.89 bits per heavy atom. The van der Waals surface area contributed by atoms with Crippen molar-refractivity contribution in [2.75, 3.05) is 29.9 Å². The molecule has 0 aromatic carbocycles. The minimum atomic E-state index is 0.383. The van der Waals surface area contributed by atoms with E-state index in [0.717, 1.165) is 37.0 Å². The van der Waals surface area contributed by atoms with Crippen molar-refractivity contribution in [2.45, 2.75) is 40.5 Å². The van der Waals surface area contributed by atoms with Gasteiger partial charge >= 0.3 is 0 Å². The zero-order valence-corrected chi connectivity index (χ0v) is 12.0. The first-order valence-corrected chi connectivity index (χ1v) is 6.84. The first kappa shape index (κ1) is 13.1. The predicted molar refractivity (Wildman–Crippen MR) is 76.2 cm³/mol. The molecule has 1 aromatic heterocycles. The van der Waals surface area contributed by atoms with Crippen LogP contribution < -0.4 is 10.2 Å². The van der Waals surface area contributed by atoms with Crippen LogP contribution in [0.4, 0.5) is 11.8 Å². The average Bonchev–Trinajstić information content (AvgIpc) is 2.30. The van der Waals surface area contributed by atoms with Crippen molar-refractivity contribution >= 4 is 11.8 Å². The summed E-state index contributed by atoms with van der Waals surface area (Å²) in [5.41, 5.74) is 1.54. The zero-order valence-electron chi connectivity index (χ0n) is 12.0. The first-order valence-electron chi connectivity index (χ1n) is 6.84. The number of aromatic nitrogens is 2. The summed E-state index contributed by atoms with van der Waals surface area (Å²) in [6, 6.07) is 0. The van der Waals surface area contributed by atoms with Gasteiger partial charge in [0.25, 0.3) is 0 Å². The van der Waals surface area contributed by atoms with Crippen LogP contribution in [0.15, 0.2) is 6.20 Å². The van der Waals surface area contributed by atoms with Gasteiger partial charge in [-0.05, 0) is 32.1 Å². The Kier molecular flexibility index (Phi) is 3.73. The smallest absolute Gasteiger partial charge is 0.224 e. The number of hydrogen-bond donors (Lipinski definition) is 1. The third kappa shape index (κ3) is 2.92. The van der Waals surface area contributed by atoms with E-state index >= 15 is 0 Å². The fourth-order valence-corrected chi connectivity index (χ4v) is 2.60. The van der Waals surface area contributed by atoms with E-state index in [-0.39, 0.29) is 0 Å². The second-order valence-electron chi connectivity index (χ2n) is 5.92. The summed E-state index contributed by atoms with van der Waals surface area (Å²) in [7, 11) is 0. The van der Waals surface area contributed by atoms with Crippen molar-refractivity contribution in [3.63, 3.8) is 0 Å². The Hall–Kier alpha value is -1.32. The lowest BCUT2D eigenvalue weighted by Gasteiger charge is -2.39. The highest BCUT2D eigenvalue weighted by atomic mass is 15.2. The van der Waals surface area contributed by atoms with Gasteiger partial charge in [0.15, 0.2) is 0 Å². The lowest BCUT2D eigenvalue weighted by molar-refractivity contribution is 0.292. The fraction of sp³-hybridized carbons (Fsp3) is 0.714. The molecule has 0 radical (unpaired) electrons. The summed E-state index contributed by atoms with van der Waals surface area (Å²) in [5, 5.41) is 3.19. The monoisotopic (exact) mass is 248 g/mol. The molecule has 1 fully saturated rings. The SMILES string of the molecule is CCNc1ncc(C)c(N2CCCC(C)(C)C2)n1. The highest BCUT2D eigenvalue weighted by molar-refractivity contribution is 5.49. The van der Waals surface area contributed by atoms with Crippen molar-refractivity contribution in [1.82, 2.24) is 9.97 Å². The third-order valence-corrected chi connectivity index (χ3v) is 3.48. The third-order valence-electron chi connectivity index (χ3n) is 3.48. The second-order valence-corrected chi connectivity index (χ2v) is 5.92. The van der Waals surface area contributed by atoms with Gasteiger partial charge in [-0.1, -0.05) is 13.8 Å². The maximum Gasteiger partial charge on any atom is 0.224 e. The molecule has 4 nitrogen and oxygen atoms in total. The fourth-order valence-electron chi connectivity index (χ4n) is 2.60. The van der Waals surface area contributed by atoms with E-state index in [1.54, 1.807) is 0 Å². The van der Waals surface area contributed by atoms with Crippen molar-refractivity contribution < 1.29 is 0 Å². The predicted octanol–water partition coefficient (Wildman–Crippen LogP) is 2.84. The molecule has 1 aliphatic rings. The lowest BCUT2D eigenvalue weighted by atomic mass is 9.84. The topological polar surface area (TPSA) is 41.1 Å². The highest BCUT2D eigenvalue weighted by Crippen LogP contribution is 2.32.